The number of pyridine rings is 1. The van der Waals surface area contributed by atoms with Crippen LogP contribution in [0.5, 0.6) is 11.5 Å². The Hall–Kier alpha value is -7.01. The van der Waals surface area contributed by atoms with Gasteiger partial charge in [0.25, 0.3) is 0 Å². The number of aromatic nitrogens is 1. The zero-order chi connectivity index (χ0) is 48.9. The Balaban J connectivity index is 0.000000216. The van der Waals surface area contributed by atoms with E-state index < -0.39 is 29.2 Å². The largest absolute Gasteiger partial charge is 0.507 e. The van der Waals surface area contributed by atoms with Gasteiger partial charge in [-0.2, -0.15) is 0 Å². The molecule has 0 spiro atoms. The van der Waals surface area contributed by atoms with Gasteiger partial charge in [-0.1, -0.05) is 50.2 Å². The predicted molar refractivity (Wildman–Crippen MR) is 263 cm³/mol. The summed E-state index contributed by atoms with van der Waals surface area (Å²) in [5, 5.41) is 30.9. The number of hydrogen-bond donors (Lipinski definition) is 5. The molecule has 2 amide bonds. The first-order chi connectivity index (χ1) is 32.8. The number of nitrogens with one attached hydrogen (secondary N) is 3. The van der Waals surface area contributed by atoms with Crippen molar-refractivity contribution in [1.82, 2.24) is 20.5 Å². The van der Waals surface area contributed by atoms with Gasteiger partial charge in [0.05, 0.1) is 17.1 Å². The van der Waals surface area contributed by atoms with Crippen LogP contribution in [0, 0.1) is 23.3 Å². The standard InChI is InChI=1S/C26H30FN5O2.C24H22F3N3O2.C2H6/c1-30(2)14-15-32(18-33)24-7-6-19(16-23(24)27)21-4-3-5-22(26(21)34)20-8-9-29-25(17-20)31-12-10-28-11-13-31;1-14(31)29-22-5-3-15(10-21(22)27)18-12-17(25)13-19(24(18)32)16-2-4-20(26)23(11-16)30-8-6-28-7-9-30;1-2/h3-9,16-18,28,34H,10-15H2,1-2H3;2-5,10-13,28,32H,6-9H2,1H3,(H,29,31);1-2H3. The van der Waals surface area contributed by atoms with Gasteiger partial charge < -0.3 is 45.8 Å². The topological polar surface area (TPSA) is 137 Å². The number of piperazine rings is 2. The molecule has 5 N–H and O–H groups in total. The Labute approximate surface area is 394 Å². The average molecular weight is 935 g/mol. The second kappa shape index (κ2) is 23.6. The fourth-order valence-electron chi connectivity index (χ4n) is 7.95. The number of amides is 2. The molecular weight excluding hydrogens is 877 g/mol. The van der Waals surface area contributed by atoms with Gasteiger partial charge in [-0.25, -0.2) is 22.5 Å². The summed E-state index contributed by atoms with van der Waals surface area (Å²) < 4.78 is 58.4. The van der Waals surface area contributed by atoms with E-state index in [4.69, 9.17) is 0 Å². The van der Waals surface area contributed by atoms with Crippen molar-refractivity contribution in [3.05, 3.63) is 127 Å². The third kappa shape index (κ3) is 12.3. The molecule has 0 bridgehead atoms. The van der Waals surface area contributed by atoms with Gasteiger partial charge in [0.2, 0.25) is 12.3 Å². The van der Waals surface area contributed by atoms with Crippen LogP contribution >= 0.6 is 0 Å². The summed E-state index contributed by atoms with van der Waals surface area (Å²) in [5.41, 5.74) is 4.06. The number of carbonyl (C=O) groups excluding carboxylic acids is 2. The molecular formula is C52H58F4N8O4. The number of phenolic OH excluding ortho intramolecular Hbond substituents is 2. The summed E-state index contributed by atoms with van der Waals surface area (Å²) >= 11 is 0. The third-order valence-electron chi connectivity index (χ3n) is 11.4. The average Bonchev–Trinajstić information content (AvgIpc) is 3.35. The summed E-state index contributed by atoms with van der Waals surface area (Å²) in [7, 11) is 3.79. The first kappa shape index (κ1) is 50.4. The maximum Gasteiger partial charge on any atom is 0.221 e. The van der Waals surface area contributed by atoms with E-state index in [-0.39, 0.29) is 39.6 Å². The van der Waals surface area contributed by atoms with Crippen molar-refractivity contribution in [2.45, 2.75) is 20.8 Å². The highest BCUT2D eigenvalue weighted by atomic mass is 19.1. The first-order valence-electron chi connectivity index (χ1n) is 22.6. The highest BCUT2D eigenvalue weighted by Crippen LogP contribution is 2.42. The van der Waals surface area contributed by atoms with E-state index in [1.54, 1.807) is 30.5 Å². The van der Waals surface area contributed by atoms with E-state index in [0.717, 1.165) is 68.8 Å². The van der Waals surface area contributed by atoms with Gasteiger partial charge in [-0.3, -0.25) is 9.59 Å². The molecule has 358 valence electrons. The molecule has 6 aromatic rings. The van der Waals surface area contributed by atoms with Gasteiger partial charge >= 0.3 is 0 Å². The Bertz CT molecular complexity index is 2690. The van der Waals surface area contributed by atoms with Gasteiger partial charge in [-0.15, -0.1) is 0 Å². The van der Waals surface area contributed by atoms with Crippen LogP contribution in [-0.2, 0) is 9.59 Å². The van der Waals surface area contributed by atoms with Gasteiger partial charge in [0, 0.05) is 101 Å². The number of nitrogens with zero attached hydrogens (tertiary/aromatic N) is 5. The molecule has 2 fully saturated rings. The lowest BCUT2D eigenvalue weighted by Crippen LogP contribution is -2.43. The minimum Gasteiger partial charge on any atom is -0.507 e. The van der Waals surface area contributed by atoms with Crippen molar-refractivity contribution in [2.24, 2.45) is 0 Å². The molecule has 0 radical (unpaired) electrons. The van der Waals surface area contributed by atoms with Crippen LogP contribution < -0.4 is 30.7 Å². The number of aromatic hydroxyl groups is 2. The first-order valence-corrected chi connectivity index (χ1v) is 22.6. The number of phenols is 2. The lowest BCUT2D eigenvalue weighted by Gasteiger charge is -2.30. The molecule has 2 aliphatic rings. The lowest BCUT2D eigenvalue weighted by atomic mass is 9.96. The Morgan fingerprint density at radius 1 is 0.676 bits per heavy atom. The summed E-state index contributed by atoms with van der Waals surface area (Å²) in [6.45, 7) is 12.5. The minimum atomic E-state index is -0.717. The minimum absolute atomic E-state index is 0.0171. The highest BCUT2D eigenvalue weighted by molar-refractivity contribution is 5.90. The predicted octanol–water partition coefficient (Wildman–Crippen LogP) is 8.73. The SMILES string of the molecule is CC.CC(=O)Nc1ccc(-c2cc(F)cc(-c3ccc(F)c(N4CCNCC4)c3)c2O)cc1F.CN(C)CCN(C=O)c1ccc(-c2cccc(-c3ccnc(N4CCNCC4)c3)c2O)cc1F. The smallest absolute Gasteiger partial charge is 0.221 e. The second-order valence-corrected chi connectivity index (χ2v) is 16.2. The molecule has 0 unspecified atom stereocenters. The van der Waals surface area contributed by atoms with Crippen LogP contribution in [0.3, 0.4) is 0 Å². The van der Waals surface area contributed by atoms with Crippen molar-refractivity contribution < 1.29 is 37.4 Å². The van der Waals surface area contributed by atoms with E-state index in [1.807, 2.05) is 62.0 Å². The monoisotopic (exact) mass is 934 g/mol. The van der Waals surface area contributed by atoms with Crippen LogP contribution in [0.2, 0.25) is 0 Å². The molecule has 3 heterocycles. The normalized spacial score (nSPS) is 13.5. The van der Waals surface area contributed by atoms with Crippen molar-refractivity contribution >= 4 is 35.2 Å². The number of benzene rings is 5. The number of rotatable bonds is 12. The Morgan fingerprint density at radius 3 is 1.81 bits per heavy atom. The number of hydrogen-bond acceptors (Lipinski definition) is 10. The van der Waals surface area contributed by atoms with Crippen LogP contribution in [-0.4, -0.2) is 112 Å². The van der Waals surface area contributed by atoms with E-state index in [2.05, 4.69) is 25.8 Å². The lowest BCUT2D eigenvalue weighted by molar-refractivity contribution is -0.114. The molecule has 68 heavy (non-hydrogen) atoms. The number of halogens is 4. The van der Waals surface area contributed by atoms with Crippen LogP contribution in [0.1, 0.15) is 20.8 Å². The Kier molecular flexibility index (Phi) is 17.5. The molecule has 1 aromatic heterocycles. The van der Waals surface area contributed by atoms with Crippen LogP contribution in [0.4, 0.5) is 40.4 Å². The summed E-state index contributed by atoms with van der Waals surface area (Å²) in [5.74, 6) is -2.00. The van der Waals surface area contributed by atoms with E-state index in [1.165, 1.54) is 42.2 Å². The molecule has 0 saturated carbocycles. The van der Waals surface area contributed by atoms with Crippen LogP contribution in [0.25, 0.3) is 44.5 Å². The molecule has 16 heteroatoms. The second-order valence-electron chi connectivity index (χ2n) is 16.2. The van der Waals surface area contributed by atoms with Crippen molar-refractivity contribution in [3.63, 3.8) is 0 Å². The van der Waals surface area contributed by atoms with Crippen molar-refractivity contribution in [1.29, 1.82) is 0 Å². The fourth-order valence-corrected chi connectivity index (χ4v) is 7.95. The number of carbonyl (C=O) groups is 2. The number of para-hydroxylation sites is 1. The number of anilines is 4. The number of likely N-dealkylation sites (N-methyl/N-ethyl adjacent to an activating group) is 1. The zero-order valence-electron chi connectivity index (χ0n) is 38.9. The van der Waals surface area contributed by atoms with Crippen molar-refractivity contribution in [3.8, 4) is 56.0 Å². The summed E-state index contributed by atoms with van der Waals surface area (Å²) in [4.78, 5) is 34.6. The molecule has 12 nitrogen and oxygen atoms in total. The quantitative estimate of drug-likeness (QED) is 0.0599. The Morgan fingerprint density at radius 2 is 1.22 bits per heavy atom. The van der Waals surface area contributed by atoms with E-state index in [9.17, 15) is 37.4 Å². The molecule has 2 aliphatic heterocycles. The zero-order valence-corrected chi connectivity index (χ0v) is 38.9. The molecule has 0 aliphatic carbocycles. The van der Waals surface area contributed by atoms with Gasteiger partial charge in [0.1, 0.15) is 40.6 Å². The van der Waals surface area contributed by atoms with Crippen LogP contribution in [0.15, 0.2) is 103 Å². The molecule has 2 saturated heterocycles. The maximum absolute atomic E-state index is 15.0. The molecule has 0 atom stereocenters. The van der Waals surface area contributed by atoms with Gasteiger partial charge in [0.15, 0.2) is 0 Å². The fraction of sp³-hybridized carbons (Fsp3) is 0.288. The third-order valence-corrected chi connectivity index (χ3v) is 11.4. The summed E-state index contributed by atoms with van der Waals surface area (Å²) in [6, 6.07) is 24.5. The van der Waals surface area contributed by atoms with E-state index in [0.29, 0.717) is 60.5 Å². The highest BCUT2D eigenvalue weighted by Gasteiger charge is 2.21. The maximum atomic E-state index is 15.0. The molecule has 5 aromatic carbocycles. The molecule has 8 rings (SSSR count). The summed E-state index contributed by atoms with van der Waals surface area (Å²) in [6.07, 6.45) is 2.38. The van der Waals surface area contributed by atoms with Gasteiger partial charge in [-0.05, 0) is 97.0 Å². The van der Waals surface area contributed by atoms with Crippen molar-refractivity contribution in [2.75, 3.05) is 99.6 Å². The van der Waals surface area contributed by atoms with E-state index >= 15 is 0 Å².